The van der Waals surface area contributed by atoms with E-state index in [0.717, 1.165) is 6.54 Å². The van der Waals surface area contributed by atoms with Gasteiger partial charge in [-0.15, -0.1) is 0 Å². The molecule has 2 N–H and O–H groups in total. The van der Waals surface area contributed by atoms with Crippen LogP contribution >= 0.6 is 0 Å². The Labute approximate surface area is 112 Å². The highest BCUT2D eigenvalue weighted by atomic mass is 15.3. The quantitative estimate of drug-likeness (QED) is 0.775. The summed E-state index contributed by atoms with van der Waals surface area (Å²) < 4.78 is 0. The Morgan fingerprint density at radius 3 is 2.00 bits per heavy atom. The SMILES string of the molecule is CC1CN(C2(CN)CCN(C)CC2)CC(C)N1C. The molecule has 0 saturated carbocycles. The predicted octanol–water partition coefficient (Wildman–Crippen LogP) is 0.434. The molecule has 18 heavy (non-hydrogen) atoms. The summed E-state index contributed by atoms with van der Waals surface area (Å²) >= 11 is 0. The molecule has 2 saturated heterocycles. The van der Waals surface area contributed by atoms with Crippen LogP contribution in [-0.2, 0) is 0 Å². The molecule has 0 aromatic heterocycles. The van der Waals surface area contributed by atoms with Gasteiger partial charge in [0.1, 0.15) is 0 Å². The Bertz CT molecular complexity index is 261. The van der Waals surface area contributed by atoms with E-state index in [1.807, 2.05) is 0 Å². The maximum Gasteiger partial charge on any atom is 0.0357 e. The average molecular weight is 254 g/mol. The highest BCUT2D eigenvalue weighted by Crippen LogP contribution is 2.30. The van der Waals surface area contributed by atoms with Crippen LogP contribution in [0.3, 0.4) is 0 Å². The molecular weight excluding hydrogens is 224 g/mol. The predicted molar refractivity (Wildman–Crippen MR) is 76.8 cm³/mol. The van der Waals surface area contributed by atoms with Crippen LogP contribution in [0.15, 0.2) is 0 Å². The lowest BCUT2D eigenvalue weighted by atomic mass is 9.84. The lowest BCUT2D eigenvalue weighted by molar-refractivity contribution is -0.0349. The number of piperazine rings is 1. The van der Waals surface area contributed by atoms with Crippen LogP contribution < -0.4 is 5.73 Å². The van der Waals surface area contributed by atoms with Gasteiger partial charge in [0.2, 0.25) is 0 Å². The third-order valence-corrected chi connectivity index (χ3v) is 5.33. The van der Waals surface area contributed by atoms with Crippen molar-refractivity contribution >= 4 is 0 Å². The number of likely N-dealkylation sites (N-methyl/N-ethyl adjacent to an activating group) is 1. The van der Waals surface area contributed by atoms with Gasteiger partial charge in [-0.05, 0) is 53.9 Å². The van der Waals surface area contributed by atoms with E-state index in [4.69, 9.17) is 5.73 Å². The zero-order valence-electron chi connectivity index (χ0n) is 12.5. The van der Waals surface area contributed by atoms with Crippen LogP contribution in [0, 0.1) is 0 Å². The van der Waals surface area contributed by atoms with Gasteiger partial charge >= 0.3 is 0 Å². The van der Waals surface area contributed by atoms with Crippen LogP contribution in [0.5, 0.6) is 0 Å². The van der Waals surface area contributed by atoms with Gasteiger partial charge in [-0.25, -0.2) is 0 Å². The van der Waals surface area contributed by atoms with E-state index in [0.29, 0.717) is 12.1 Å². The van der Waals surface area contributed by atoms with Crippen molar-refractivity contribution in [2.75, 3.05) is 46.8 Å². The lowest BCUT2D eigenvalue weighted by Crippen LogP contribution is -2.66. The van der Waals surface area contributed by atoms with Gasteiger partial charge in [0.15, 0.2) is 0 Å². The third-order valence-electron chi connectivity index (χ3n) is 5.33. The first-order valence-corrected chi connectivity index (χ1v) is 7.34. The smallest absolute Gasteiger partial charge is 0.0357 e. The molecule has 2 fully saturated rings. The molecule has 0 aromatic carbocycles. The van der Waals surface area contributed by atoms with Crippen LogP contribution in [0.1, 0.15) is 26.7 Å². The Hall–Kier alpha value is -0.160. The van der Waals surface area contributed by atoms with E-state index >= 15 is 0 Å². The summed E-state index contributed by atoms with van der Waals surface area (Å²) in [7, 11) is 4.46. The van der Waals surface area contributed by atoms with E-state index in [1.165, 1.54) is 39.0 Å². The van der Waals surface area contributed by atoms with Crippen molar-refractivity contribution in [2.24, 2.45) is 5.73 Å². The number of hydrogen-bond acceptors (Lipinski definition) is 4. The maximum atomic E-state index is 6.17. The third kappa shape index (κ3) is 2.57. The summed E-state index contributed by atoms with van der Waals surface area (Å²) in [5.74, 6) is 0. The van der Waals surface area contributed by atoms with Crippen LogP contribution in [0.4, 0.5) is 0 Å². The zero-order valence-corrected chi connectivity index (χ0v) is 12.5. The molecule has 2 aliphatic rings. The molecule has 0 bridgehead atoms. The number of hydrogen-bond donors (Lipinski definition) is 1. The monoisotopic (exact) mass is 254 g/mol. The fourth-order valence-electron chi connectivity index (χ4n) is 3.48. The molecule has 2 unspecified atom stereocenters. The van der Waals surface area contributed by atoms with Gasteiger partial charge in [-0.2, -0.15) is 0 Å². The highest BCUT2D eigenvalue weighted by molar-refractivity contribution is 4.99. The highest BCUT2D eigenvalue weighted by Gasteiger charge is 2.41. The summed E-state index contributed by atoms with van der Waals surface area (Å²) in [5, 5.41) is 0. The largest absolute Gasteiger partial charge is 0.329 e. The molecule has 0 spiro atoms. The van der Waals surface area contributed by atoms with Crippen molar-refractivity contribution in [1.29, 1.82) is 0 Å². The molecule has 4 nitrogen and oxygen atoms in total. The van der Waals surface area contributed by atoms with Gasteiger partial charge < -0.3 is 10.6 Å². The van der Waals surface area contributed by atoms with Crippen molar-refractivity contribution in [2.45, 2.75) is 44.3 Å². The van der Waals surface area contributed by atoms with Gasteiger partial charge in [0, 0.05) is 37.3 Å². The van der Waals surface area contributed by atoms with E-state index in [-0.39, 0.29) is 5.54 Å². The summed E-state index contributed by atoms with van der Waals surface area (Å²) in [6.45, 7) is 10.2. The van der Waals surface area contributed by atoms with E-state index in [1.54, 1.807) is 0 Å². The Kier molecular flexibility index (Phi) is 4.32. The molecule has 2 aliphatic heterocycles. The minimum atomic E-state index is 0.260. The molecule has 2 rings (SSSR count). The molecular formula is C14H30N4. The first-order valence-electron chi connectivity index (χ1n) is 7.34. The second kappa shape index (κ2) is 5.45. The number of nitrogens with two attached hydrogens (primary N) is 1. The topological polar surface area (TPSA) is 35.7 Å². The number of rotatable bonds is 2. The average Bonchev–Trinajstić information content (AvgIpc) is 2.37. The van der Waals surface area contributed by atoms with Crippen molar-refractivity contribution in [3.8, 4) is 0 Å². The number of piperidine rings is 1. The van der Waals surface area contributed by atoms with Crippen LogP contribution in [0.2, 0.25) is 0 Å². The molecule has 2 heterocycles. The fraction of sp³-hybridized carbons (Fsp3) is 1.00. The van der Waals surface area contributed by atoms with Crippen molar-refractivity contribution < 1.29 is 0 Å². The molecule has 0 aromatic rings. The van der Waals surface area contributed by atoms with E-state index in [9.17, 15) is 0 Å². The first-order chi connectivity index (χ1) is 8.48. The van der Waals surface area contributed by atoms with Crippen molar-refractivity contribution in [1.82, 2.24) is 14.7 Å². The molecule has 0 radical (unpaired) electrons. The number of likely N-dealkylation sites (tertiary alicyclic amines) is 1. The summed E-state index contributed by atoms with van der Waals surface area (Å²) in [5.41, 5.74) is 6.43. The molecule has 106 valence electrons. The van der Waals surface area contributed by atoms with E-state index in [2.05, 4.69) is 42.6 Å². The molecule has 2 atom stereocenters. The lowest BCUT2D eigenvalue weighted by Gasteiger charge is -2.53. The van der Waals surface area contributed by atoms with Gasteiger partial charge in [-0.3, -0.25) is 9.80 Å². The summed E-state index contributed by atoms with van der Waals surface area (Å²) in [4.78, 5) is 7.61. The van der Waals surface area contributed by atoms with E-state index < -0.39 is 0 Å². The standard InChI is InChI=1S/C14H30N4/c1-12-9-18(10-13(2)17(12)4)14(11-15)5-7-16(3)8-6-14/h12-13H,5-11,15H2,1-4H3. The Morgan fingerprint density at radius 2 is 1.56 bits per heavy atom. The second-order valence-corrected chi connectivity index (χ2v) is 6.50. The molecule has 0 aliphatic carbocycles. The van der Waals surface area contributed by atoms with Crippen LogP contribution in [-0.4, -0.2) is 79.1 Å². The fourth-order valence-corrected chi connectivity index (χ4v) is 3.48. The Balaban J connectivity index is 2.08. The van der Waals surface area contributed by atoms with Gasteiger partial charge in [0.25, 0.3) is 0 Å². The van der Waals surface area contributed by atoms with Crippen molar-refractivity contribution in [3.63, 3.8) is 0 Å². The maximum absolute atomic E-state index is 6.17. The number of nitrogens with zero attached hydrogens (tertiary/aromatic N) is 3. The minimum absolute atomic E-state index is 0.260. The zero-order chi connectivity index (χ0) is 13.3. The Morgan fingerprint density at radius 1 is 1.06 bits per heavy atom. The van der Waals surface area contributed by atoms with Crippen molar-refractivity contribution in [3.05, 3.63) is 0 Å². The van der Waals surface area contributed by atoms with Gasteiger partial charge in [-0.1, -0.05) is 0 Å². The molecule has 0 amide bonds. The minimum Gasteiger partial charge on any atom is -0.329 e. The second-order valence-electron chi connectivity index (χ2n) is 6.50. The molecule has 4 heteroatoms. The summed E-state index contributed by atoms with van der Waals surface area (Å²) in [6, 6.07) is 1.27. The van der Waals surface area contributed by atoms with Gasteiger partial charge in [0.05, 0.1) is 0 Å². The first kappa shape index (κ1) is 14.3. The normalized spacial score (nSPS) is 35.8. The van der Waals surface area contributed by atoms with Crippen LogP contribution in [0.25, 0.3) is 0 Å². The summed E-state index contributed by atoms with van der Waals surface area (Å²) in [6.07, 6.45) is 2.45.